The van der Waals surface area contributed by atoms with Crippen molar-refractivity contribution in [2.45, 2.75) is 13.1 Å². The van der Waals surface area contributed by atoms with Gasteiger partial charge in [-0.2, -0.15) is 0 Å². The maximum atomic E-state index is 12.1. The van der Waals surface area contributed by atoms with E-state index < -0.39 is 0 Å². The molecule has 4 nitrogen and oxygen atoms in total. The van der Waals surface area contributed by atoms with E-state index in [1.165, 1.54) is 11.8 Å². The van der Waals surface area contributed by atoms with Crippen LogP contribution >= 0.6 is 11.6 Å². The molecule has 2 rings (SSSR count). The molecule has 0 spiro atoms. The number of halogens is 1. The molecular formula is C16H18ClN3O. The Balaban J connectivity index is 2.07. The van der Waals surface area contributed by atoms with E-state index in [9.17, 15) is 4.79 Å². The summed E-state index contributed by atoms with van der Waals surface area (Å²) in [7, 11) is 4.04. The van der Waals surface area contributed by atoms with Gasteiger partial charge in [0.2, 0.25) is 0 Å². The van der Waals surface area contributed by atoms with E-state index in [1.807, 2.05) is 32.3 Å². The second-order valence-electron chi connectivity index (χ2n) is 5.04. The molecule has 0 atom stereocenters. The minimum atomic E-state index is -0.215. The number of amides is 1. The third-order valence-electron chi connectivity index (χ3n) is 3.06. The lowest BCUT2D eigenvalue weighted by Gasteiger charge is -2.14. The highest BCUT2D eigenvalue weighted by atomic mass is 35.5. The zero-order valence-corrected chi connectivity index (χ0v) is 12.9. The summed E-state index contributed by atoms with van der Waals surface area (Å²) in [6.45, 7) is 1.30. The van der Waals surface area contributed by atoms with Crippen LogP contribution in [0.4, 0.5) is 0 Å². The van der Waals surface area contributed by atoms with Gasteiger partial charge in [0.25, 0.3) is 5.91 Å². The van der Waals surface area contributed by atoms with Crippen molar-refractivity contribution in [2.24, 2.45) is 0 Å². The molecular weight excluding hydrogens is 286 g/mol. The summed E-state index contributed by atoms with van der Waals surface area (Å²) in [4.78, 5) is 18.1. The Hall–Kier alpha value is -1.91. The van der Waals surface area contributed by atoms with E-state index in [2.05, 4.69) is 21.3 Å². The fraction of sp³-hybridized carbons (Fsp3) is 0.250. The van der Waals surface area contributed by atoms with Crippen LogP contribution in [-0.4, -0.2) is 29.9 Å². The van der Waals surface area contributed by atoms with Crippen LogP contribution < -0.4 is 5.32 Å². The SMILES string of the molecule is CN(C)Cc1ccccc1CNC(=O)c1cnccc1Cl. The molecule has 0 aliphatic carbocycles. The largest absolute Gasteiger partial charge is 0.348 e. The van der Waals surface area contributed by atoms with Crippen molar-refractivity contribution in [3.8, 4) is 0 Å². The number of pyridine rings is 1. The highest BCUT2D eigenvalue weighted by molar-refractivity contribution is 6.33. The van der Waals surface area contributed by atoms with Crippen molar-refractivity contribution in [3.05, 3.63) is 64.4 Å². The molecule has 0 aliphatic heterocycles. The van der Waals surface area contributed by atoms with Gasteiger partial charge in [-0.25, -0.2) is 0 Å². The third-order valence-corrected chi connectivity index (χ3v) is 3.39. The van der Waals surface area contributed by atoms with Gasteiger partial charge < -0.3 is 10.2 Å². The zero-order chi connectivity index (χ0) is 15.2. The summed E-state index contributed by atoms with van der Waals surface area (Å²) in [6, 6.07) is 9.67. The predicted octanol–water partition coefficient (Wildman–Crippen LogP) is 2.73. The summed E-state index contributed by atoms with van der Waals surface area (Å²) in [5, 5.41) is 3.29. The van der Waals surface area contributed by atoms with Crippen LogP contribution in [0.3, 0.4) is 0 Å². The van der Waals surface area contributed by atoms with Gasteiger partial charge in [-0.3, -0.25) is 9.78 Å². The van der Waals surface area contributed by atoms with Crippen LogP contribution in [0.5, 0.6) is 0 Å². The van der Waals surface area contributed by atoms with Gasteiger partial charge in [-0.05, 0) is 31.3 Å². The van der Waals surface area contributed by atoms with E-state index >= 15 is 0 Å². The Morgan fingerprint density at radius 3 is 2.62 bits per heavy atom. The summed E-state index contributed by atoms with van der Waals surface area (Å²) >= 11 is 5.99. The molecule has 1 aromatic carbocycles. The van der Waals surface area contributed by atoms with Gasteiger partial charge in [0.05, 0.1) is 10.6 Å². The molecule has 0 bridgehead atoms. The lowest BCUT2D eigenvalue weighted by Crippen LogP contribution is -2.24. The highest BCUT2D eigenvalue weighted by Crippen LogP contribution is 2.14. The van der Waals surface area contributed by atoms with Crippen LogP contribution in [0.2, 0.25) is 5.02 Å². The number of hydrogen-bond donors (Lipinski definition) is 1. The number of hydrogen-bond acceptors (Lipinski definition) is 3. The number of carbonyl (C=O) groups is 1. The Morgan fingerprint density at radius 1 is 1.24 bits per heavy atom. The second-order valence-corrected chi connectivity index (χ2v) is 5.45. The summed E-state index contributed by atoms with van der Waals surface area (Å²) in [6.07, 6.45) is 3.04. The minimum Gasteiger partial charge on any atom is -0.348 e. The summed E-state index contributed by atoms with van der Waals surface area (Å²) in [5.41, 5.74) is 2.68. The first-order valence-electron chi connectivity index (χ1n) is 6.67. The first-order chi connectivity index (χ1) is 10.1. The normalized spacial score (nSPS) is 10.7. The predicted molar refractivity (Wildman–Crippen MR) is 84.3 cm³/mol. The molecule has 1 N–H and O–H groups in total. The van der Waals surface area contributed by atoms with Crippen molar-refractivity contribution in [3.63, 3.8) is 0 Å². The van der Waals surface area contributed by atoms with E-state index in [0.717, 1.165) is 12.1 Å². The molecule has 1 heterocycles. The Morgan fingerprint density at radius 2 is 1.95 bits per heavy atom. The molecule has 1 amide bonds. The van der Waals surface area contributed by atoms with Crippen molar-refractivity contribution in [2.75, 3.05) is 14.1 Å². The van der Waals surface area contributed by atoms with Crippen LogP contribution in [0, 0.1) is 0 Å². The van der Waals surface area contributed by atoms with E-state index in [4.69, 9.17) is 11.6 Å². The molecule has 1 aromatic heterocycles. The van der Waals surface area contributed by atoms with Crippen molar-refractivity contribution >= 4 is 17.5 Å². The van der Waals surface area contributed by atoms with Crippen LogP contribution in [-0.2, 0) is 13.1 Å². The average molecular weight is 304 g/mol. The molecule has 0 radical (unpaired) electrons. The minimum absolute atomic E-state index is 0.215. The molecule has 5 heteroatoms. The number of rotatable bonds is 5. The number of nitrogens with one attached hydrogen (secondary N) is 1. The van der Waals surface area contributed by atoms with Gasteiger partial charge in [-0.1, -0.05) is 35.9 Å². The highest BCUT2D eigenvalue weighted by Gasteiger charge is 2.11. The monoisotopic (exact) mass is 303 g/mol. The zero-order valence-electron chi connectivity index (χ0n) is 12.1. The van der Waals surface area contributed by atoms with E-state index in [1.54, 1.807) is 12.3 Å². The van der Waals surface area contributed by atoms with Crippen molar-refractivity contribution in [1.29, 1.82) is 0 Å². The smallest absolute Gasteiger partial charge is 0.254 e. The molecule has 2 aromatic rings. The maximum absolute atomic E-state index is 12.1. The number of carbonyl (C=O) groups excluding carboxylic acids is 1. The molecule has 0 saturated carbocycles. The van der Waals surface area contributed by atoms with Crippen LogP contribution in [0.15, 0.2) is 42.7 Å². The maximum Gasteiger partial charge on any atom is 0.254 e. The first kappa shape index (κ1) is 15.5. The van der Waals surface area contributed by atoms with Crippen LogP contribution in [0.25, 0.3) is 0 Å². The summed E-state index contributed by atoms with van der Waals surface area (Å²) in [5.74, 6) is -0.215. The Bertz CT molecular complexity index is 628. The lowest BCUT2D eigenvalue weighted by molar-refractivity contribution is 0.0950. The standard InChI is InChI=1S/C16H18ClN3O/c1-20(2)11-13-6-4-3-5-12(13)9-19-16(21)14-10-18-8-7-15(14)17/h3-8,10H,9,11H2,1-2H3,(H,19,21). The van der Waals surface area contributed by atoms with Gasteiger partial charge in [0.1, 0.15) is 0 Å². The lowest BCUT2D eigenvalue weighted by atomic mass is 10.1. The topological polar surface area (TPSA) is 45.2 Å². The molecule has 21 heavy (non-hydrogen) atoms. The average Bonchev–Trinajstić information content (AvgIpc) is 2.46. The Kier molecular flexibility index (Phi) is 5.31. The van der Waals surface area contributed by atoms with Gasteiger partial charge >= 0.3 is 0 Å². The first-order valence-corrected chi connectivity index (χ1v) is 7.05. The fourth-order valence-electron chi connectivity index (χ4n) is 2.04. The van der Waals surface area contributed by atoms with E-state index in [-0.39, 0.29) is 5.91 Å². The van der Waals surface area contributed by atoms with Crippen molar-refractivity contribution in [1.82, 2.24) is 15.2 Å². The molecule has 0 unspecified atom stereocenters. The number of nitrogens with zero attached hydrogens (tertiary/aromatic N) is 2. The Labute approximate surface area is 129 Å². The number of benzene rings is 1. The van der Waals surface area contributed by atoms with E-state index in [0.29, 0.717) is 17.1 Å². The molecule has 0 fully saturated rings. The molecule has 0 saturated heterocycles. The van der Waals surface area contributed by atoms with Gasteiger partial charge in [0.15, 0.2) is 0 Å². The van der Waals surface area contributed by atoms with Crippen molar-refractivity contribution < 1.29 is 4.79 Å². The van der Waals surface area contributed by atoms with Gasteiger partial charge in [0, 0.05) is 25.5 Å². The molecule has 0 aliphatic rings. The number of aromatic nitrogens is 1. The fourth-order valence-corrected chi connectivity index (χ4v) is 2.23. The quantitative estimate of drug-likeness (QED) is 0.924. The second kappa shape index (κ2) is 7.20. The third kappa shape index (κ3) is 4.28. The van der Waals surface area contributed by atoms with Gasteiger partial charge in [-0.15, -0.1) is 0 Å². The summed E-state index contributed by atoms with van der Waals surface area (Å²) < 4.78 is 0. The van der Waals surface area contributed by atoms with Crippen LogP contribution in [0.1, 0.15) is 21.5 Å². The molecule has 110 valence electrons.